The lowest BCUT2D eigenvalue weighted by atomic mass is 9.95. The van der Waals surface area contributed by atoms with Crippen LogP contribution < -0.4 is 19.3 Å². The number of nitrogens with one attached hydrogen (secondary N) is 1. The molecule has 1 heterocycles. The first-order valence-electron chi connectivity index (χ1n) is 15.9. The Bertz CT molecular complexity index is 2200. The van der Waals surface area contributed by atoms with Crippen LogP contribution in [0.25, 0.3) is 10.8 Å². The van der Waals surface area contributed by atoms with E-state index in [2.05, 4.69) is 46.0 Å². The van der Waals surface area contributed by atoms with E-state index >= 15 is 0 Å². The van der Waals surface area contributed by atoms with Crippen molar-refractivity contribution in [3.05, 3.63) is 162 Å². The molecule has 0 aromatic heterocycles. The molecule has 48 heavy (non-hydrogen) atoms. The van der Waals surface area contributed by atoms with Crippen LogP contribution in [-0.4, -0.2) is 20.9 Å². The average Bonchev–Trinajstić information content (AvgIpc) is 3.11. The van der Waals surface area contributed by atoms with E-state index in [9.17, 15) is 13.2 Å². The van der Waals surface area contributed by atoms with Crippen molar-refractivity contribution in [3.63, 3.8) is 0 Å². The van der Waals surface area contributed by atoms with E-state index in [0.717, 1.165) is 27.5 Å². The number of amides is 1. The fraction of sp³-hybridized carbons (Fsp3) is 0.125. The molecule has 1 N–H and O–H groups in total. The van der Waals surface area contributed by atoms with Crippen LogP contribution in [0.2, 0.25) is 0 Å². The fourth-order valence-electron chi connectivity index (χ4n) is 6.31. The van der Waals surface area contributed by atoms with Crippen molar-refractivity contribution in [2.75, 3.05) is 21.1 Å². The highest BCUT2D eigenvalue weighted by Gasteiger charge is 2.41. The predicted molar refractivity (Wildman–Crippen MR) is 192 cm³/mol. The standard InChI is InChI=1S/C40H35N3O4S/c1-3-47-33-22-20-32(21-23-33)43-39(36-15-9-13-30-12-7-8-14-35(30)36)42(27-29-10-5-4-6-11-29)38-25-24-34(26-37(38)40(43)44)48(45,46)41-31-18-16-28(2)17-19-31/h4-26,39,41H,3,27H2,1-2H3/t39-/m1/s1. The number of carbonyl (C=O) groups excluding carboxylic acids is 1. The molecule has 0 saturated heterocycles. The second-order valence-corrected chi connectivity index (χ2v) is 13.5. The Morgan fingerprint density at radius 2 is 1.48 bits per heavy atom. The predicted octanol–water partition coefficient (Wildman–Crippen LogP) is 8.71. The van der Waals surface area contributed by atoms with E-state index in [-0.39, 0.29) is 10.8 Å². The van der Waals surface area contributed by atoms with Gasteiger partial charge in [0.25, 0.3) is 15.9 Å². The Balaban J connectivity index is 1.43. The number of fused-ring (bicyclic) bond motifs is 2. The van der Waals surface area contributed by atoms with Gasteiger partial charge in [-0.05, 0) is 84.8 Å². The van der Waals surface area contributed by atoms with Gasteiger partial charge in [0.15, 0.2) is 0 Å². The normalized spacial score (nSPS) is 14.5. The Morgan fingerprint density at radius 3 is 2.23 bits per heavy atom. The van der Waals surface area contributed by atoms with Gasteiger partial charge in [-0.3, -0.25) is 14.4 Å². The number of benzene rings is 6. The van der Waals surface area contributed by atoms with E-state index in [1.165, 1.54) is 6.07 Å². The van der Waals surface area contributed by atoms with Crippen LogP contribution in [0.4, 0.5) is 17.1 Å². The molecular weight excluding hydrogens is 619 g/mol. The number of rotatable bonds is 9. The van der Waals surface area contributed by atoms with Crippen molar-refractivity contribution in [1.29, 1.82) is 0 Å². The maximum atomic E-state index is 14.9. The zero-order chi connectivity index (χ0) is 33.3. The molecular formula is C40H35N3O4S. The van der Waals surface area contributed by atoms with Crippen LogP contribution in [0, 0.1) is 6.92 Å². The molecule has 6 aromatic rings. The first kappa shape index (κ1) is 31.0. The van der Waals surface area contributed by atoms with Gasteiger partial charge in [-0.2, -0.15) is 0 Å². The molecule has 0 fully saturated rings. The lowest BCUT2D eigenvalue weighted by Gasteiger charge is -2.46. The first-order valence-corrected chi connectivity index (χ1v) is 17.4. The van der Waals surface area contributed by atoms with Crippen LogP contribution >= 0.6 is 0 Å². The van der Waals surface area contributed by atoms with Crippen LogP contribution in [0.1, 0.15) is 40.1 Å². The fourth-order valence-corrected chi connectivity index (χ4v) is 7.40. The van der Waals surface area contributed by atoms with Gasteiger partial charge in [-0.1, -0.05) is 90.5 Å². The number of nitrogens with zero attached hydrogens (tertiary/aromatic N) is 2. The lowest BCUT2D eigenvalue weighted by Crippen LogP contribution is -2.49. The SMILES string of the molecule is CCOc1ccc(N2C(=O)c3cc(S(=O)(=O)Nc4ccc(C)cc4)ccc3N(Cc3ccccc3)[C@H]2c2cccc3ccccc23)cc1. The monoisotopic (exact) mass is 653 g/mol. The third-order valence-corrected chi connectivity index (χ3v) is 9.98. The van der Waals surface area contributed by atoms with Gasteiger partial charge in [0.2, 0.25) is 0 Å². The summed E-state index contributed by atoms with van der Waals surface area (Å²) in [5.41, 5.74) is 5.08. The smallest absolute Gasteiger partial charge is 0.262 e. The molecule has 1 aliphatic heterocycles. The summed E-state index contributed by atoms with van der Waals surface area (Å²) >= 11 is 0. The molecule has 0 aliphatic carbocycles. The third kappa shape index (κ3) is 5.98. The lowest BCUT2D eigenvalue weighted by molar-refractivity contribution is 0.0968. The number of ether oxygens (including phenoxy) is 1. The summed E-state index contributed by atoms with van der Waals surface area (Å²) in [6.45, 7) is 4.86. The highest BCUT2D eigenvalue weighted by molar-refractivity contribution is 7.92. The summed E-state index contributed by atoms with van der Waals surface area (Å²) in [7, 11) is -4.00. The van der Waals surface area contributed by atoms with Crippen molar-refractivity contribution in [2.24, 2.45) is 0 Å². The number of carbonyl (C=O) groups is 1. The molecule has 1 aliphatic rings. The van der Waals surface area contributed by atoms with Crippen molar-refractivity contribution in [3.8, 4) is 5.75 Å². The molecule has 1 atom stereocenters. The highest BCUT2D eigenvalue weighted by Crippen LogP contribution is 2.45. The minimum Gasteiger partial charge on any atom is -0.494 e. The van der Waals surface area contributed by atoms with Gasteiger partial charge in [-0.15, -0.1) is 0 Å². The maximum Gasteiger partial charge on any atom is 0.262 e. The summed E-state index contributed by atoms with van der Waals surface area (Å²) in [6, 6.07) is 43.8. The van der Waals surface area contributed by atoms with Crippen molar-refractivity contribution in [1.82, 2.24) is 0 Å². The molecule has 240 valence electrons. The number of anilines is 3. The van der Waals surface area contributed by atoms with Crippen LogP contribution in [-0.2, 0) is 16.6 Å². The molecule has 0 bridgehead atoms. The number of aryl methyl sites for hydroxylation is 1. The second kappa shape index (κ2) is 12.9. The van der Waals surface area contributed by atoms with Gasteiger partial charge in [0.05, 0.1) is 22.8 Å². The van der Waals surface area contributed by atoms with Crippen molar-refractivity contribution < 1.29 is 17.9 Å². The van der Waals surface area contributed by atoms with E-state index < -0.39 is 16.2 Å². The minimum absolute atomic E-state index is 0.00471. The van der Waals surface area contributed by atoms with Crippen molar-refractivity contribution in [2.45, 2.75) is 31.5 Å². The summed E-state index contributed by atoms with van der Waals surface area (Å²) < 4.78 is 35.7. The summed E-state index contributed by atoms with van der Waals surface area (Å²) in [4.78, 5) is 18.8. The van der Waals surface area contributed by atoms with E-state index in [0.29, 0.717) is 41.5 Å². The summed E-state index contributed by atoms with van der Waals surface area (Å²) in [6.07, 6.45) is -0.553. The Hall–Kier alpha value is -5.60. The molecule has 0 spiro atoms. The first-order chi connectivity index (χ1) is 23.3. The molecule has 1 amide bonds. The topological polar surface area (TPSA) is 78.9 Å². The third-order valence-electron chi connectivity index (χ3n) is 8.60. The van der Waals surface area contributed by atoms with Crippen LogP contribution in [0.3, 0.4) is 0 Å². The Morgan fingerprint density at radius 1 is 0.771 bits per heavy atom. The summed E-state index contributed by atoms with van der Waals surface area (Å²) in [5.74, 6) is 0.397. The molecule has 7 rings (SSSR count). The van der Waals surface area contributed by atoms with Gasteiger partial charge in [0, 0.05) is 23.5 Å². The Kier molecular flexibility index (Phi) is 8.33. The van der Waals surface area contributed by atoms with Gasteiger partial charge < -0.3 is 9.64 Å². The van der Waals surface area contributed by atoms with E-state index in [4.69, 9.17) is 4.74 Å². The molecule has 0 unspecified atom stereocenters. The maximum absolute atomic E-state index is 14.9. The quantitative estimate of drug-likeness (QED) is 0.169. The van der Waals surface area contributed by atoms with Gasteiger partial charge in [-0.25, -0.2) is 8.42 Å². The molecule has 6 aromatic carbocycles. The molecule has 8 heteroatoms. The van der Waals surface area contributed by atoms with Gasteiger partial charge in [0.1, 0.15) is 11.9 Å². The van der Waals surface area contributed by atoms with Crippen molar-refractivity contribution >= 4 is 43.8 Å². The number of hydrogen-bond acceptors (Lipinski definition) is 5. The van der Waals surface area contributed by atoms with E-state index in [1.807, 2.05) is 86.6 Å². The van der Waals surface area contributed by atoms with Crippen LogP contribution in [0.15, 0.2) is 144 Å². The van der Waals surface area contributed by atoms with Crippen LogP contribution in [0.5, 0.6) is 5.75 Å². The van der Waals surface area contributed by atoms with E-state index in [1.54, 1.807) is 29.2 Å². The minimum atomic E-state index is -4.00. The Labute approximate surface area is 281 Å². The molecule has 7 nitrogen and oxygen atoms in total. The zero-order valence-corrected chi connectivity index (χ0v) is 27.5. The molecule has 0 radical (unpaired) electrons. The number of sulfonamides is 1. The largest absolute Gasteiger partial charge is 0.494 e. The highest BCUT2D eigenvalue weighted by atomic mass is 32.2. The second-order valence-electron chi connectivity index (χ2n) is 11.8. The molecule has 0 saturated carbocycles. The average molecular weight is 654 g/mol. The van der Waals surface area contributed by atoms with Gasteiger partial charge >= 0.3 is 0 Å². The zero-order valence-electron chi connectivity index (χ0n) is 26.7. The summed E-state index contributed by atoms with van der Waals surface area (Å²) in [5, 5.41) is 2.08. The number of hydrogen-bond donors (Lipinski definition) is 1.